The van der Waals surface area contributed by atoms with Crippen molar-refractivity contribution in [1.82, 2.24) is 5.32 Å². The molecule has 0 unspecified atom stereocenters. The van der Waals surface area contributed by atoms with Crippen LogP contribution in [0.25, 0.3) is 0 Å². The van der Waals surface area contributed by atoms with E-state index in [-0.39, 0.29) is 0 Å². The van der Waals surface area contributed by atoms with Crippen molar-refractivity contribution >= 4 is 15.9 Å². The summed E-state index contributed by atoms with van der Waals surface area (Å²) >= 11 is 3.58. The molecule has 0 saturated carbocycles. The normalized spacial score (nSPS) is 11.0. The second-order valence-corrected chi connectivity index (χ2v) is 5.10. The van der Waals surface area contributed by atoms with Crippen molar-refractivity contribution in [2.75, 3.05) is 0 Å². The third-order valence-electron chi connectivity index (χ3n) is 2.81. The first-order valence-electron chi connectivity index (χ1n) is 6.24. The summed E-state index contributed by atoms with van der Waals surface area (Å²) in [7, 11) is 0. The lowest BCUT2D eigenvalue weighted by Crippen LogP contribution is -2.28. The molecule has 1 aromatic rings. The Balaban J connectivity index is 2.45. The third-order valence-corrected chi connectivity index (χ3v) is 3.59. The first-order valence-corrected chi connectivity index (χ1v) is 7.04. The molecule has 1 N–H and O–H groups in total. The van der Waals surface area contributed by atoms with E-state index >= 15 is 0 Å². The largest absolute Gasteiger partial charge is 0.310 e. The Labute approximate surface area is 108 Å². The van der Waals surface area contributed by atoms with Crippen LogP contribution in [0.3, 0.4) is 0 Å². The smallest absolute Gasteiger partial charge is 0.0220 e. The maximum Gasteiger partial charge on any atom is 0.0220 e. The third kappa shape index (κ3) is 4.67. The minimum Gasteiger partial charge on any atom is -0.310 e. The molecule has 1 nitrogen and oxygen atoms in total. The fourth-order valence-corrected chi connectivity index (χ4v) is 2.37. The molecule has 0 aromatic heterocycles. The summed E-state index contributed by atoms with van der Waals surface area (Å²) in [5.41, 5.74) is 1.35. The van der Waals surface area contributed by atoms with Crippen LogP contribution in [0.15, 0.2) is 28.7 Å². The lowest BCUT2D eigenvalue weighted by atomic mass is 10.1. The highest BCUT2D eigenvalue weighted by Crippen LogP contribution is 2.16. The van der Waals surface area contributed by atoms with Crippen LogP contribution in [0.5, 0.6) is 0 Å². The number of hydrogen-bond acceptors (Lipinski definition) is 1. The Morgan fingerprint density at radius 1 is 1.12 bits per heavy atom. The second kappa shape index (κ2) is 7.86. The maximum atomic E-state index is 3.65. The van der Waals surface area contributed by atoms with Gasteiger partial charge in [0, 0.05) is 17.1 Å². The van der Waals surface area contributed by atoms with Crippen molar-refractivity contribution in [3.05, 3.63) is 34.3 Å². The molecule has 0 fully saturated rings. The van der Waals surface area contributed by atoms with E-state index in [1.807, 2.05) is 0 Å². The van der Waals surface area contributed by atoms with E-state index in [0.717, 1.165) is 6.54 Å². The molecule has 0 aliphatic heterocycles. The van der Waals surface area contributed by atoms with Gasteiger partial charge in [0.15, 0.2) is 0 Å². The van der Waals surface area contributed by atoms with Gasteiger partial charge in [-0.2, -0.15) is 0 Å². The summed E-state index contributed by atoms with van der Waals surface area (Å²) in [5.74, 6) is 0. The molecule has 0 saturated heterocycles. The molecule has 0 bridgehead atoms. The van der Waals surface area contributed by atoms with Crippen molar-refractivity contribution in [2.45, 2.75) is 52.1 Å². The quantitative estimate of drug-likeness (QED) is 0.777. The van der Waals surface area contributed by atoms with Crippen LogP contribution in [0.4, 0.5) is 0 Å². The molecule has 90 valence electrons. The van der Waals surface area contributed by atoms with Crippen LogP contribution in [0.2, 0.25) is 0 Å². The fraction of sp³-hybridized carbons (Fsp3) is 0.571. The van der Waals surface area contributed by atoms with E-state index < -0.39 is 0 Å². The van der Waals surface area contributed by atoms with E-state index in [4.69, 9.17) is 0 Å². The molecule has 2 heteroatoms. The van der Waals surface area contributed by atoms with E-state index in [0.29, 0.717) is 6.04 Å². The van der Waals surface area contributed by atoms with Gasteiger partial charge in [0.05, 0.1) is 0 Å². The van der Waals surface area contributed by atoms with Crippen LogP contribution in [-0.2, 0) is 6.54 Å². The number of benzene rings is 1. The van der Waals surface area contributed by atoms with Gasteiger partial charge in [-0.1, -0.05) is 60.8 Å². The van der Waals surface area contributed by atoms with Gasteiger partial charge >= 0.3 is 0 Å². The standard InChI is InChI=1S/C14H22BrN/c1-3-7-13(8-4-2)16-11-12-9-5-6-10-14(12)15/h5-6,9-10,13,16H,3-4,7-8,11H2,1-2H3. The van der Waals surface area contributed by atoms with Gasteiger partial charge in [-0.05, 0) is 24.5 Å². The van der Waals surface area contributed by atoms with Crippen molar-refractivity contribution in [1.29, 1.82) is 0 Å². The van der Waals surface area contributed by atoms with Crippen molar-refractivity contribution in [2.24, 2.45) is 0 Å². The molecular weight excluding hydrogens is 262 g/mol. The van der Waals surface area contributed by atoms with Crippen LogP contribution >= 0.6 is 15.9 Å². The monoisotopic (exact) mass is 283 g/mol. The van der Waals surface area contributed by atoms with Crippen LogP contribution in [-0.4, -0.2) is 6.04 Å². The maximum absolute atomic E-state index is 3.65. The molecule has 0 aliphatic carbocycles. The highest BCUT2D eigenvalue weighted by molar-refractivity contribution is 9.10. The van der Waals surface area contributed by atoms with Crippen molar-refractivity contribution in [3.63, 3.8) is 0 Å². The van der Waals surface area contributed by atoms with Crippen LogP contribution in [0, 0.1) is 0 Å². The Morgan fingerprint density at radius 3 is 2.31 bits per heavy atom. The van der Waals surface area contributed by atoms with Gasteiger partial charge in [-0.15, -0.1) is 0 Å². The van der Waals surface area contributed by atoms with E-state index in [1.54, 1.807) is 0 Å². The molecule has 0 heterocycles. The summed E-state index contributed by atoms with van der Waals surface area (Å²) in [6, 6.07) is 9.10. The first-order chi connectivity index (χ1) is 7.77. The zero-order valence-electron chi connectivity index (χ0n) is 10.3. The predicted octanol–water partition coefficient (Wildman–Crippen LogP) is 4.51. The number of hydrogen-bond donors (Lipinski definition) is 1. The van der Waals surface area contributed by atoms with Crippen molar-refractivity contribution in [3.8, 4) is 0 Å². The van der Waals surface area contributed by atoms with Gasteiger partial charge in [0.2, 0.25) is 0 Å². The fourth-order valence-electron chi connectivity index (χ4n) is 1.94. The SMILES string of the molecule is CCCC(CCC)NCc1ccccc1Br. The predicted molar refractivity (Wildman–Crippen MR) is 74.6 cm³/mol. The number of rotatable bonds is 7. The number of halogens is 1. The van der Waals surface area contributed by atoms with Gasteiger partial charge in [-0.25, -0.2) is 0 Å². The molecule has 0 aliphatic rings. The summed E-state index contributed by atoms with van der Waals surface area (Å²) in [5, 5.41) is 3.65. The number of nitrogens with one attached hydrogen (secondary N) is 1. The zero-order chi connectivity index (χ0) is 11.8. The minimum atomic E-state index is 0.669. The average molecular weight is 284 g/mol. The highest BCUT2D eigenvalue weighted by Gasteiger charge is 2.06. The summed E-state index contributed by atoms with van der Waals surface area (Å²) in [6.45, 7) is 5.47. The topological polar surface area (TPSA) is 12.0 Å². The Morgan fingerprint density at radius 2 is 1.75 bits per heavy atom. The Bertz CT molecular complexity index is 293. The molecule has 0 amide bonds. The molecule has 0 radical (unpaired) electrons. The summed E-state index contributed by atoms with van der Waals surface area (Å²) < 4.78 is 1.20. The minimum absolute atomic E-state index is 0.669. The second-order valence-electron chi connectivity index (χ2n) is 4.25. The molecule has 0 spiro atoms. The summed E-state index contributed by atoms with van der Waals surface area (Å²) in [6.07, 6.45) is 5.07. The summed E-state index contributed by atoms with van der Waals surface area (Å²) in [4.78, 5) is 0. The molecule has 1 rings (SSSR count). The van der Waals surface area contributed by atoms with Crippen LogP contribution < -0.4 is 5.32 Å². The molecule has 1 aromatic carbocycles. The Hall–Kier alpha value is -0.340. The van der Waals surface area contributed by atoms with Gasteiger partial charge in [0.25, 0.3) is 0 Å². The van der Waals surface area contributed by atoms with E-state index in [1.165, 1.54) is 35.7 Å². The van der Waals surface area contributed by atoms with Gasteiger partial charge in [0.1, 0.15) is 0 Å². The van der Waals surface area contributed by atoms with Gasteiger partial charge in [-0.3, -0.25) is 0 Å². The van der Waals surface area contributed by atoms with Crippen molar-refractivity contribution < 1.29 is 0 Å². The van der Waals surface area contributed by atoms with E-state index in [9.17, 15) is 0 Å². The molecule has 0 atom stereocenters. The zero-order valence-corrected chi connectivity index (χ0v) is 11.9. The lowest BCUT2D eigenvalue weighted by Gasteiger charge is -2.17. The van der Waals surface area contributed by atoms with E-state index in [2.05, 4.69) is 59.4 Å². The molecular formula is C14H22BrN. The molecule has 16 heavy (non-hydrogen) atoms. The Kier molecular flexibility index (Phi) is 6.74. The lowest BCUT2D eigenvalue weighted by molar-refractivity contribution is 0.443. The first kappa shape index (κ1) is 13.7. The van der Waals surface area contributed by atoms with Gasteiger partial charge < -0.3 is 5.32 Å². The highest BCUT2D eigenvalue weighted by atomic mass is 79.9. The van der Waals surface area contributed by atoms with Crippen LogP contribution in [0.1, 0.15) is 45.1 Å². The average Bonchev–Trinajstić information content (AvgIpc) is 2.28.